The van der Waals surface area contributed by atoms with Crippen LogP contribution in [0.1, 0.15) is 10.4 Å². The third-order valence-electron chi connectivity index (χ3n) is 4.91. The lowest BCUT2D eigenvalue weighted by Gasteiger charge is -2.11. The molecule has 0 aliphatic rings. The summed E-state index contributed by atoms with van der Waals surface area (Å²) >= 11 is 0. The van der Waals surface area contributed by atoms with Gasteiger partial charge in [-0.3, -0.25) is 9.59 Å². The van der Waals surface area contributed by atoms with Crippen molar-refractivity contribution < 1.29 is 19.1 Å². The minimum atomic E-state index is -0.269. The quantitative estimate of drug-likeness (QED) is 0.430. The zero-order valence-electron chi connectivity index (χ0n) is 17.5. The van der Waals surface area contributed by atoms with Gasteiger partial charge in [-0.1, -0.05) is 48.5 Å². The minimum Gasteiger partial charge on any atom is -0.495 e. The Morgan fingerprint density at radius 1 is 0.750 bits per heavy atom. The van der Waals surface area contributed by atoms with Gasteiger partial charge >= 0.3 is 0 Å². The number of methoxy groups -OCH3 is 1. The van der Waals surface area contributed by atoms with Gasteiger partial charge in [0.1, 0.15) is 11.5 Å². The molecular formula is C26H22N2O4. The molecule has 0 heterocycles. The zero-order valence-corrected chi connectivity index (χ0v) is 17.5. The van der Waals surface area contributed by atoms with Gasteiger partial charge < -0.3 is 20.1 Å². The van der Waals surface area contributed by atoms with E-state index in [0.717, 1.165) is 16.5 Å². The van der Waals surface area contributed by atoms with Gasteiger partial charge in [-0.15, -0.1) is 0 Å². The third-order valence-corrected chi connectivity index (χ3v) is 4.91. The van der Waals surface area contributed by atoms with Gasteiger partial charge in [-0.05, 0) is 47.9 Å². The van der Waals surface area contributed by atoms with Crippen molar-refractivity contribution in [3.05, 3.63) is 96.6 Å². The molecule has 0 aliphatic heterocycles. The molecule has 4 aromatic rings. The molecule has 0 bridgehead atoms. The molecule has 0 aromatic heterocycles. The number of carbonyl (C=O) groups is 2. The average molecular weight is 426 g/mol. The maximum atomic E-state index is 12.5. The average Bonchev–Trinajstić information content (AvgIpc) is 2.83. The molecule has 0 saturated carbocycles. The summed E-state index contributed by atoms with van der Waals surface area (Å²) < 4.78 is 10.8. The summed E-state index contributed by atoms with van der Waals surface area (Å²) in [5, 5.41) is 7.72. The SMILES string of the molecule is COc1ccccc1NC(=O)c1ccc(OCC(=O)Nc2cccc3ccccc23)cc1. The van der Waals surface area contributed by atoms with Gasteiger partial charge in [-0.25, -0.2) is 0 Å². The van der Waals surface area contributed by atoms with Crippen LogP contribution in [0.3, 0.4) is 0 Å². The molecule has 0 radical (unpaired) electrons. The number of para-hydroxylation sites is 2. The van der Waals surface area contributed by atoms with Crippen LogP contribution in [0.4, 0.5) is 11.4 Å². The molecular weight excluding hydrogens is 404 g/mol. The predicted molar refractivity (Wildman–Crippen MR) is 125 cm³/mol. The number of rotatable bonds is 7. The van der Waals surface area contributed by atoms with E-state index in [0.29, 0.717) is 22.7 Å². The topological polar surface area (TPSA) is 76.7 Å². The van der Waals surface area contributed by atoms with Crippen molar-refractivity contribution in [1.29, 1.82) is 0 Å². The monoisotopic (exact) mass is 426 g/mol. The van der Waals surface area contributed by atoms with Gasteiger partial charge in [-0.2, -0.15) is 0 Å². The Bertz CT molecular complexity index is 1250. The van der Waals surface area contributed by atoms with E-state index in [1.54, 1.807) is 43.5 Å². The first kappa shape index (κ1) is 20.9. The van der Waals surface area contributed by atoms with Crippen LogP contribution in [0.15, 0.2) is 91.0 Å². The fourth-order valence-corrected chi connectivity index (χ4v) is 3.31. The van der Waals surface area contributed by atoms with Gasteiger partial charge in [0.05, 0.1) is 12.8 Å². The van der Waals surface area contributed by atoms with Crippen LogP contribution in [-0.4, -0.2) is 25.5 Å². The number of ether oxygens (including phenoxy) is 2. The summed E-state index contributed by atoms with van der Waals surface area (Å²) in [6.07, 6.45) is 0. The van der Waals surface area contributed by atoms with Crippen LogP contribution in [0.25, 0.3) is 10.8 Å². The maximum Gasteiger partial charge on any atom is 0.262 e. The third kappa shape index (κ3) is 4.87. The molecule has 0 spiro atoms. The van der Waals surface area contributed by atoms with Crippen molar-refractivity contribution in [1.82, 2.24) is 0 Å². The van der Waals surface area contributed by atoms with E-state index in [1.165, 1.54) is 0 Å². The summed E-state index contributed by atoms with van der Waals surface area (Å²) in [5.74, 6) is 0.541. The molecule has 4 aromatic carbocycles. The van der Waals surface area contributed by atoms with Crippen molar-refractivity contribution >= 4 is 34.0 Å². The second-order valence-corrected chi connectivity index (χ2v) is 7.04. The highest BCUT2D eigenvalue weighted by Crippen LogP contribution is 2.24. The highest BCUT2D eigenvalue weighted by atomic mass is 16.5. The van der Waals surface area contributed by atoms with Gasteiger partial charge in [0.15, 0.2) is 6.61 Å². The van der Waals surface area contributed by atoms with E-state index in [-0.39, 0.29) is 18.4 Å². The van der Waals surface area contributed by atoms with Crippen LogP contribution in [0, 0.1) is 0 Å². The lowest BCUT2D eigenvalue weighted by atomic mass is 10.1. The van der Waals surface area contributed by atoms with Crippen LogP contribution < -0.4 is 20.1 Å². The Labute approximate surface area is 185 Å². The lowest BCUT2D eigenvalue weighted by Crippen LogP contribution is -2.20. The van der Waals surface area contributed by atoms with E-state index in [2.05, 4.69) is 10.6 Å². The van der Waals surface area contributed by atoms with Crippen LogP contribution in [0.2, 0.25) is 0 Å². The summed E-state index contributed by atoms with van der Waals surface area (Å²) in [4.78, 5) is 24.9. The Morgan fingerprint density at radius 3 is 2.25 bits per heavy atom. The zero-order chi connectivity index (χ0) is 22.3. The largest absolute Gasteiger partial charge is 0.495 e. The van der Waals surface area contributed by atoms with E-state index >= 15 is 0 Å². The standard InChI is InChI=1S/C26H22N2O4/c1-31-24-12-5-4-10-23(24)28-26(30)19-13-15-20(16-14-19)32-17-25(29)27-22-11-6-8-18-7-2-3-9-21(18)22/h2-16H,17H2,1H3,(H,27,29)(H,28,30). The van der Waals surface area contributed by atoms with Gasteiger partial charge in [0.25, 0.3) is 11.8 Å². The molecule has 0 atom stereocenters. The van der Waals surface area contributed by atoms with Crippen molar-refractivity contribution in [3.63, 3.8) is 0 Å². The Morgan fingerprint density at radius 2 is 1.44 bits per heavy atom. The predicted octanol–water partition coefficient (Wildman–Crippen LogP) is 5.12. The van der Waals surface area contributed by atoms with Crippen molar-refractivity contribution in [2.24, 2.45) is 0 Å². The first-order valence-corrected chi connectivity index (χ1v) is 10.1. The Kier molecular flexibility index (Phi) is 6.32. The molecule has 0 fully saturated rings. The van der Waals surface area contributed by atoms with Crippen LogP contribution in [0.5, 0.6) is 11.5 Å². The van der Waals surface area contributed by atoms with Crippen molar-refractivity contribution in [2.75, 3.05) is 24.4 Å². The second kappa shape index (κ2) is 9.66. The molecule has 4 rings (SSSR count). The van der Waals surface area contributed by atoms with Gasteiger partial charge in [0, 0.05) is 16.6 Å². The van der Waals surface area contributed by atoms with Crippen LogP contribution in [-0.2, 0) is 4.79 Å². The molecule has 2 amide bonds. The number of hydrogen-bond donors (Lipinski definition) is 2. The summed E-state index contributed by atoms with van der Waals surface area (Å²) in [6.45, 7) is -0.143. The highest BCUT2D eigenvalue weighted by molar-refractivity contribution is 6.05. The fourth-order valence-electron chi connectivity index (χ4n) is 3.31. The molecule has 6 nitrogen and oxygen atoms in total. The molecule has 0 aliphatic carbocycles. The first-order valence-electron chi connectivity index (χ1n) is 10.1. The molecule has 160 valence electrons. The maximum absolute atomic E-state index is 12.5. The summed E-state index contributed by atoms with van der Waals surface area (Å²) in [7, 11) is 1.55. The first-order chi connectivity index (χ1) is 15.6. The molecule has 6 heteroatoms. The van der Waals surface area contributed by atoms with E-state index in [4.69, 9.17) is 9.47 Å². The Hall–Kier alpha value is -4.32. The summed E-state index contributed by atoms with van der Waals surface area (Å²) in [5.41, 5.74) is 1.79. The molecule has 32 heavy (non-hydrogen) atoms. The number of amides is 2. The minimum absolute atomic E-state index is 0.143. The van der Waals surface area contributed by atoms with Crippen LogP contribution >= 0.6 is 0 Å². The fraction of sp³-hybridized carbons (Fsp3) is 0.0769. The molecule has 2 N–H and O–H groups in total. The van der Waals surface area contributed by atoms with E-state index in [9.17, 15) is 9.59 Å². The van der Waals surface area contributed by atoms with Crippen molar-refractivity contribution in [3.8, 4) is 11.5 Å². The molecule has 0 saturated heterocycles. The number of nitrogens with one attached hydrogen (secondary N) is 2. The number of carbonyl (C=O) groups excluding carboxylic acids is 2. The smallest absolute Gasteiger partial charge is 0.262 e. The number of anilines is 2. The number of benzene rings is 4. The summed E-state index contributed by atoms with van der Waals surface area (Å²) in [6, 6.07) is 27.4. The number of fused-ring (bicyclic) bond motifs is 1. The number of hydrogen-bond acceptors (Lipinski definition) is 4. The van der Waals surface area contributed by atoms with Gasteiger partial charge in [0.2, 0.25) is 0 Å². The lowest BCUT2D eigenvalue weighted by molar-refractivity contribution is -0.118. The van der Waals surface area contributed by atoms with Crippen molar-refractivity contribution in [2.45, 2.75) is 0 Å². The van der Waals surface area contributed by atoms with E-state index < -0.39 is 0 Å². The molecule has 0 unspecified atom stereocenters. The highest BCUT2D eigenvalue weighted by Gasteiger charge is 2.10. The van der Waals surface area contributed by atoms with E-state index in [1.807, 2.05) is 54.6 Å². The Balaban J connectivity index is 1.34. The second-order valence-electron chi connectivity index (χ2n) is 7.04. The normalized spacial score (nSPS) is 10.4.